The van der Waals surface area contributed by atoms with Crippen molar-refractivity contribution in [1.29, 1.82) is 0 Å². The maximum absolute atomic E-state index is 11.5. The van der Waals surface area contributed by atoms with Gasteiger partial charge in [-0.1, -0.05) is 0 Å². The number of hydrogen-bond acceptors (Lipinski definition) is 3. The fourth-order valence-corrected chi connectivity index (χ4v) is 1.02. The van der Waals surface area contributed by atoms with Crippen LogP contribution in [-0.2, 0) is 0 Å². The molecule has 0 spiro atoms. The van der Waals surface area contributed by atoms with Gasteiger partial charge in [-0.15, -0.1) is 0 Å². The molecule has 1 amide bonds. The minimum absolute atomic E-state index is 0.206. The normalized spacial score (nSPS) is 9.71. The van der Waals surface area contributed by atoms with E-state index in [9.17, 15) is 4.79 Å². The Balaban J connectivity index is 2.11. The second kappa shape index (κ2) is 3.69. The molecule has 0 saturated carbocycles. The molecule has 70 valence electrons. The van der Waals surface area contributed by atoms with E-state index in [1.807, 2.05) is 0 Å². The molecule has 0 aromatic carbocycles. The Kier molecular flexibility index (Phi) is 2.22. The van der Waals surface area contributed by atoms with Crippen molar-refractivity contribution in [3.05, 3.63) is 42.5 Å². The second-order valence-corrected chi connectivity index (χ2v) is 2.63. The summed E-state index contributed by atoms with van der Waals surface area (Å²) in [6.45, 7) is 0. The number of carbonyl (C=O) groups excluding carboxylic acids is 1. The third-order valence-electron chi connectivity index (χ3n) is 1.67. The average Bonchev–Trinajstić information content (AvgIpc) is 2.72. The zero-order chi connectivity index (χ0) is 9.80. The molecule has 0 aliphatic heterocycles. The van der Waals surface area contributed by atoms with Crippen LogP contribution in [0, 0.1) is 0 Å². The van der Waals surface area contributed by atoms with Crippen LogP contribution in [0.4, 0.5) is 5.95 Å². The maximum atomic E-state index is 11.5. The maximum Gasteiger partial charge on any atom is 0.258 e. The molecule has 2 N–H and O–H groups in total. The number of carbonyl (C=O) groups is 1. The Labute approximate surface area is 80.2 Å². The van der Waals surface area contributed by atoms with Crippen molar-refractivity contribution in [3.8, 4) is 0 Å². The summed E-state index contributed by atoms with van der Waals surface area (Å²) in [7, 11) is 0. The quantitative estimate of drug-likeness (QED) is 0.740. The van der Waals surface area contributed by atoms with E-state index in [-0.39, 0.29) is 5.91 Å². The van der Waals surface area contributed by atoms with Gasteiger partial charge in [-0.2, -0.15) is 0 Å². The van der Waals surface area contributed by atoms with E-state index in [0.717, 1.165) is 0 Å². The number of imidazole rings is 1. The molecule has 0 unspecified atom stereocenters. The summed E-state index contributed by atoms with van der Waals surface area (Å²) in [5, 5.41) is 2.60. The minimum Gasteiger partial charge on any atom is -0.331 e. The summed E-state index contributed by atoms with van der Waals surface area (Å²) >= 11 is 0. The van der Waals surface area contributed by atoms with Crippen LogP contribution in [0.25, 0.3) is 0 Å². The molecule has 0 atom stereocenters. The van der Waals surface area contributed by atoms with Gasteiger partial charge in [-0.25, -0.2) is 4.98 Å². The Hall–Kier alpha value is -2.17. The van der Waals surface area contributed by atoms with E-state index in [2.05, 4.69) is 20.3 Å². The molecule has 2 aromatic heterocycles. The predicted octanol–water partition coefficient (Wildman–Crippen LogP) is 1.06. The number of aromatic nitrogens is 3. The zero-order valence-corrected chi connectivity index (χ0v) is 7.27. The van der Waals surface area contributed by atoms with E-state index >= 15 is 0 Å². The van der Waals surface area contributed by atoms with Crippen molar-refractivity contribution in [2.24, 2.45) is 0 Å². The van der Waals surface area contributed by atoms with Crippen molar-refractivity contribution < 1.29 is 4.79 Å². The van der Waals surface area contributed by atoms with E-state index in [0.29, 0.717) is 11.5 Å². The summed E-state index contributed by atoms with van der Waals surface area (Å²) in [4.78, 5) is 22.0. The molecule has 0 aliphatic carbocycles. The lowest BCUT2D eigenvalue weighted by Gasteiger charge is -2.00. The second-order valence-electron chi connectivity index (χ2n) is 2.63. The monoisotopic (exact) mass is 188 g/mol. The van der Waals surface area contributed by atoms with Crippen LogP contribution in [0.5, 0.6) is 0 Å². The van der Waals surface area contributed by atoms with Gasteiger partial charge in [0, 0.05) is 30.4 Å². The third kappa shape index (κ3) is 1.77. The van der Waals surface area contributed by atoms with Crippen molar-refractivity contribution >= 4 is 11.9 Å². The van der Waals surface area contributed by atoms with Crippen LogP contribution < -0.4 is 5.32 Å². The SMILES string of the molecule is O=C(Nc1ncc[nH]1)c1ccncc1. The van der Waals surface area contributed by atoms with Crippen LogP contribution in [0.1, 0.15) is 10.4 Å². The molecule has 0 fully saturated rings. The first-order valence-electron chi connectivity index (χ1n) is 4.07. The number of anilines is 1. The first-order valence-corrected chi connectivity index (χ1v) is 4.07. The Bertz CT molecular complexity index is 410. The Morgan fingerprint density at radius 3 is 2.71 bits per heavy atom. The number of hydrogen-bond donors (Lipinski definition) is 2. The Morgan fingerprint density at radius 1 is 1.29 bits per heavy atom. The summed E-state index contributed by atoms with van der Waals surface area (Å²) in [6.07, 6.45) is 6.35. The van der Waals surface area contributed by atoms with Crippen LogP contribution in [0.2, 0.25) is 0 Å². The molecular weight excluding hydrogens is 180 g/mol. The van der Waals surface area contributed by atoms with E-state index in [1.165, 1.54) is 0 Å². The van der Waals surface area contributed by atoms with Crippen molar-refractivity contribution in [3.63, 3.8) is 0 Å². The van der Waals surface area contributed by atoms with E-state index in [1.54, 1.807) is 36.9 Å². The molecule has 2 heterocycles. The van der Waals surface area contributed by atoms with Crippen LogP contribution in [-0.4, -0.2) is 20.9 Å². The molecule has 14 heavy (non-hydrogen) atoms. The Morgan fingerprint density at radius 2 is 2.07 bits per heavy atom. The minimum atomic E-state index is -0.206. The number of aromatic amines is 1. The fraction of sp³-hybridized carbons (Fsp3) is 0. The van der Waals surface area contributed by atoms with Crippen LogP contribution in [0.15, 0.2) is 36.9 Å². The van der Waals surface area contributed by atoms with E-state index in [4.69, 9.17) is 0 Å². The van der Waals surface area contributed by atoms with Gasteiger partial charge in [0.2, 0.25) is 5.95 Å². The largest absolute Gasteiger partial charge is 0.331 e. The molecule has 0 saturated heterocycles. The molecule has 5 nitrogen and oxygen atoms in total. The topological polar surface area (TPSA) is 70.7 Å². The summed E-state index contributed by atoms with van der Waals surface area (Å²) < 4.78 is 0. The highest BCUT2D eigenvalue weighted by Crippen LogP contribution is 2.01. The number of nitrogens with zero attached hydrogens (tertiary/aromatic N) is 2. The van der Waals surface area contributed by atoms with Gasteiger partial charge in [0.15, 0.2) is 0 Å². The van der Waals surface area contributed by atoms with Crippen molar-refractivity contribution in [2.75, 3.05) is 5.32 Å². The van der Waals surface area contributed by atoms with Gasteiger partial charge in [0.1, 0.15) is 0 Å². The van der Waals surface area contributed by atoms with Gasteiger partial charge in [-0.05, 0) is 12.1 Å². The third-order valence-corrected chi connectivity index (χ3v) is 1.67. The zero-order valence-electron chi connectivity index (χ0n) is 7.27. The first-order chi connectivity index (χ1) is 6.86. The number of pyridine rings is 1. The summed E-state index contributed by atoms with van der Waals surface area (Å²) in [5.41, 5.74) is 0.552. The van der Waals surface area contributed by atoms with Gasteiger partial charge < -0.3 is 4.98 Å². The lowest BCUT2D eigenvalue weighted by molar-refractivity contribution is 0.102. The highest BCUT2D eigenvalue weighted by Gasteiger charge is 2.05. The first kappa shape index (κ1) is 8.43. The highest BCUT2D eigenvalue weighted by molar-refractivity contribution is 6.03. The molecule has 5 heteroatoms. The smallest absolute Gasteiger partial charge is 0.258 e. The molecular formula is C9H8N4O. The predicted molar refractivity (Wildman–Crippen MR) is 50.8 cm³/mol. The van der Waals surface area contributed by atoms with Crippen LogP contribution in [0.3, 0.4) is 0 Å². The van der Waals surface area contributed by atoms with Crippen molar-refractivity contribution in [1.82, 2.24) is 15.0 Å². The molecule has 2 aromatic rings. The molecule has 0 radical (unpaired) electrons. The lowest BCUT2D eigenvalue weighted by Crippen LogP contribution is -2.12. The van der Waals surface area contributed by atoms with Gasteiger partial charge >= 0.3 is 0 Å². The molecule has 0 aliphatic rings. The average molecular weight is 188 g/mol. The highest BCUT2D eigenvalue weighted by atomic mass is 16.1. The van der Waals surface area contributed by atoms with Gasteiger partial charge in [0.25, 0.3) is 5.91 Å². The van der Waals surface area contributed by atoms with Gasteiger partial charge in [-0.3, -0.25) is 15.1 Å². The van der Waals surface area contributed by atoms with E-state index < -0.39 is 0 Å². The molecule has 0 bridgehead atoms. The standard InChI is InChI=1S/C9H8N4O/c14-8(7-1-3-10-4-2-7)13-9-11-5-6-12-9/h1-6H,(H2,11,12,13,14). The van der Waals surface area contributed by atoms with Crippen molar-refractivity contribution in [2.45, 2.75) is 0 Å². The fourth-order valence-electron chi connectivity index (χ4n) is 1.02. The summed E-state index contributed by atoms with van der Waals surface area (Å²) in [6, 6.07) is 3.27. The van der Waals surface area contributed by atoms with Crippen LogP contribution >= 0.6 is 0 Å². The number of rotatable bonds is 2. The number of H-pyrrole nitrogens is 1. The summed E-state index contributed by atoms with van der Waals surface area (Å²) in [5.74, 6) is 0.231. The lowest BCUT2D eigenvalue weighted by atomic mass is 10.2. The van der Waals surface area contributed by atoms with Gasteiger partial charge in [0.05, 0.1) is 0 Å². The number of amides is 1. The number of nitrogens with one attached hydrogen (secondary N) is 2. The molecule has 2 rings (SSSR count).